The second-order valence-corrected chi connectivity index (χ2v) is 7.46. The van der Waals surface area contributed by atoms with Crippen LogP contribution in [0, 0.1) is 5.41 Å². The SMILES string of the molecule is NC(=O)C[C@]1(COc2ccccc2)CCCN(C(=O)c2ccccc2Cl)C1. The summed E-state index contributed by atoms with van der Waals surface area (Å²) in [6.45, 7) is 1.36. The van der Waals surface area contributed by atoms with E-state index in [1.807, 2.05) is 30.3 Å². The van der Waals surface area contributed by atoms with Gasteiger partial charge in [0, 0.05) is 24.9 Å². The first-order valence-electron chi connectivity index (χ1n) is 8.99. The van der Waals surface area contributed by atoms with E-state index in [9.17, 15) is 9.59 Å². The number of primary amides is 1. The molecule has 2 amide bonds. The zero-order valence-corrected chi connectivity index (χ0v) is 15.8. The third kappa shape index (κ3) is 4.80. The van der Waals surface area contributed by atoms with Gasteiger partial charge in [-0.1, -0.05) is 41.9 Å². The number of carbonyl (C=O) groups is 2. The standard InChI is InChI=1S/C21H23ClN2O3/c22-18-10-5-4-9-17(18)20(26)24-12-6-11-21(14-24,13-19(23)25)15-27-16-7-2-1-3-8-16/h1-5,7-10H,6,11-15H2,(H2,23,25)/t21-/m1/s1. The molecule has 5 nitrogen and oxygen atoms in total. The van der Waals surface area contributed by atoms with Crippen molar-refractivity contribution in [1.29, 1.82) is 0 Å². The smallest absolute Gasteiger partial charge is 0.255 e. The Hall–Kier alpha value is -2.53. The molecule has 0 spiro atoms. The van der Waals surface area contributed by atoms with Crippen LogP contribution in [0.1, 0.15) is 29.6 Å². The summed E-state index contributed by atoms with van der Waals surface area (Å²) in [6, 6.07) is 16.4. The van der Waals surface area contributed by atoms with Crippen LogP contribution in [0.25, 0.3) is 0 Å². The molecule has 1 aliphatic heterocycles. The second kappa shape index (κ2) is 8.44. The number of hydrogen-bond donors (Lipinski definition) is 1. The molecule has 0 saturated carbocycles. The molecule has 2 aromatic carbocycles. The fraction of sp³-hybridized carbons (Fsp3) is 0.333. The van der Waals surface area contributed by atoms with E-state index < -0.39 is 11.3 Å². The van der Waals surface area contributed by atoms with Gasteiger partial charge in [-0.05, 0) is 37.1 Å². The topological polar surface area (TPSA) is 72.6 Å². The lowest BCUT2D eigenvalue weighted by molar-refractivity contribution is -0.122. The van der Waals surface area contributed by atoms with Crippen LogP contribution < -0.4 is 10.5 Å². The Bertz CT molecular complexity index is 812. The minimum Gasteiger partial charge on any atom is -0.493 e. The van der Waals surface area contributed by atoms with Crippen molar-refractivity contribution in [3.63, 3.8) is 0 Å². The van der Waals surface area contributed by atoms with Gasteiger partial charge in [0.15, 0.2) is 0 Å². The number of nitrogens with zero attached hydrogens (tertiary/aromatic N) is 1. The molecule has 0 bridgehead atoms. The second-order valence-electron chi connectivity index (χ2n) is 7.05. The molecule has 6 heteroatoms. The van der Waals surface area contributed by atoms with E-state index >= 15 is 0 Å². The molecule has 27 heavy (non-hydrogen) atoms. The van der Waals surface area contributed by atoms with Gasteiger partial charge in [0.25, 0.3) is 5.91 Å². The molecule has 0 aromatic heterocycles. The van der Waals surface area contributed by atoms with Crippen LogP contribution >= 0.6 is 11.6 Å². The number of rotatable bonds is 6. The van der Waals surface area contributed by atoms with Gasteiger partial charge >= 0.3 is 0 Å². The molecule has 0 radical (unpaired) electrons. The zero-order valence-electron chi connectivity index (χ0n) is 15.1. The molecule has 1 aliphatic rings. The Kier molecular flexibility index (Phi) is 6.01. The maximum atomic E-state index is 13.0. The van der Waals surface area contributed by atoms with E-state index in [0.717, 1.165) is 18.6 Å². The van der Waals surface area contributed by atoms with Crippen molar-refractivity contribution in [2.45, 2.75) is 19.3 Å². The summed E-state index contributed by atoms with van der Waals surface area (Å²) in [5, 5.41) is 0.425. The van der Waals surface area contributed by atoms with Crippen molar-refractivity contribution in [2.75, 3.05) is 19.7 Å². The maximum absolute atomic E-state index is 13.0. The average Bonchev–Trinajstić information content (AvgIpc) is 2.67. The lowest BCUT2D eigenvalue weighted by Crippen LogP contribution is -2.50. The highest BCUT2D eigenvalue weighted by atomic mass is 35.5. The van der Waals surface area contributed by atoms with Crippen molar-refractivity contribution in [3.8, 4) is 5.75 Å². The van der Waals surface area contributed by atoms with E-state index in [-0.39, 0.29) is 12.3 Å². The number of piperidine rings is 1. The Morgan fingerprint density at radius 2 is 1.81 bits per heavy atom. The molecule has 1 saturated heterocycles. The molecule has 0 aliphatic carbocycles. The Labute approximate surface area is 164 Å². The van der Waals surface area contributed by atoms with Gasteiger partial charge in [0.1, 0.15) is 5.75 Å². The number of carbonyl (C=O) groups excluding carboxylic acids is 2. The average molecular weight is 387 g/mol. The number of ether oxygens (including phenoxy) is 1. The quantitative estimate of drug-likeness (QED) is 0.825. The third-order valence-corrected chi connectivity index (χ3v) is 5.22. The maximum Gasteiger partial charge on any atom is 0.255 e. The van der Waals surface area contributed by atoms with Gasteiger partial charge in [-0.3, -0.25) is 9.59 Å². The molecular weight excluding hydrogens is 364 g/mol. The third-order valence-electron chi connectivity index (χ3n) is 4.89. The van der Waals surface area contributed by atoms with Crippen molar-refractivity contribution < 1.29 is 14.3 Å². The zero-order chi connectivity index (χ0) is 19.3. The fourth-order valence-electron chi connectivity index (χ4n) is 3.62. The number of hydrogen-bond acceptors (Lipinski definition) is 3. The van der Waals surface area contributed by atoms with Gasteiger partial charge in [0.2, 0.25) is 5.91 Å². The summed E-state index contributed by atoms with van der Waals surface area (Å²) < 4.78 is 5.94. The van der Waals surface area contributed by atoms with Crippen LogP contribution in [0.5, 0.6) is 5.75 Å². The summed E-state index contributed by atoms with van der Waals surface area (Å²) in [4.78, 5) is 26.4. The lowest BCUT2D eigenvalue weighted by atomic mass is 9.77. The van der Waals surface area contributed by atoms with Gasteiger partial charge in [-0.15, -0.1) is 0 Å². The Balaban J connectivity index is 1.78. The molecule has 142 valence electrons. The Morgan fingerprint density at radius 1 is 1.11 bits per heavy atom. The minimum atomic E-state index is -0.503. The molecule has 2 N–H and O–H groups in total. The van der Waals surface area contributed by atoms with E-state index in [0.29, 0.717) is 30.3 Å². The van der Waals surface area contributed by atoms with Crippen LogP contribution in [0.3, 0.4) is 0 Å². The van der Waals surface area contributed by atoms with Crippen molar-refractivity contribution in [1.82, 2.24) is 4.90 Å². The van der Waals surface area contributed by atoms with Gasteiger partial charge in [-0.2, -0.15) is 0 Å². The predicted octanol–water partition coefficient (Wildman–Crippen LogP) is 3.52. The fourth-order valence-corrected chi connectivity index (χ4v) is 3.84. The number of para-hydroxylation sites is 1. The first-order valence-corrected chi connectivity index (χ1v) is 9.37. The summed E-state index contributed by atoms with van der Waals surface area (Å²) in [7, 11) is 0. The molecule has 2 aromatic rings. The largest absolute Gasteiger partial charge is 0.493 e. The van der Waals surface area contributed by atoms with E-state index in [2.05, 4.69) is 0 Å². The number of likely N-dealkylation sites (tertiary alicyclic amines) is 1. The number of benzene rings is 2. The molecule has 3 rings (SSSR count). The van der Waals surface area contributed by atoms with Crippen molar-refractivity contribution in [3.05, 3.63) is 65.2 Å². The number of halogens is 1. The Morgan fingerprint density at radius 3 is 2.52 bits per heavy atom. The highest BCUT2D eigenvalue weighted by Gasteiger charge is 2.39. The highest BCUT2D eigenvalue weighted by Crippen LogP contribution is 2.35. The normalized spacial score (nSPS) is 19.5. The summed E-state index contributed by atoms with van der Waals surface area (Å²) >= 11 is 6.19. The molecule has 1 fully saturated rings. The van der Waals surface area contributed by atoms with Gasteiger partial charge in [-0.25, -0.2) is 0 Å². The van der Waals surface area contributed by atoms with Crippen LogP contribution in [0.2, 0.25) is 5.02 Å². The van der Waals surface area contributed by atoms with Crippen LogP contribution in [0.15, 0.2) is 54.6 Å². The molecular formula is C21H23ClN2O3. The van der Waals surface area contributed by atoms with E-state index in [4.69, 9.17) is 22.1 Å². The van der Waals surface area contributed by atoms with E-state index in [1.165, 1.54) is 0 Å². The predicted molar refractivity (Wildman–Crippen MR) is 105 cm³/mol. The lowest BCUT2D eigenvalue weighted by Gasteiger charge is -2.42. The van der Waals surface area contributed by atoms with Crippen LogP contribution in [0.4, 0.5) is 0 Å². The van der Waals surface area contributed by atoms with E-state index in [1.54, 1.807) is 29.2 Å². The molecule has 0 unspecified atom stereocenters. The van der Waals surface area contributed by atoms with Gasteiger partial charge in [0.05, 0.1) is 17.2 Å². The first kappa shape index (κ1) is 19.2. The molecule has 1 atom stereocenters. The van der Waals surface area contributed by atoms with Gasteiger partial charge < -0.3 is 15.4 Å². The monoisotopic (exact) mass is 386 g/mol. The summed E-state index contributed by atoms with van der Waals surface area (Å²) in [5.74, 6) is 0.212. The van der Waals surface area contributed by atoms with Crippen LogP contribution in [-0.4, -0.2) is 36.4 Å². The summed E-state index contributed by atoms with van der Waals surface area (Å²) in [6.07, 6.45) is 1.73. The molecule has 1 heterocycles. The number of nitrogens with two attached hydrogens (primary N) is 1. The van der Waals surface area contributed by atoms with Crippen molar-refractivity contribution in [2.24, 2.45) is 11.1 Å². The van der Waals surface area contributed by atoms with Crippen molar-refractivity contribution >= 4 is 23.4 Å². The summed E-state index contributed by atoms with van der Waals surface area (Å²) in [5.41, 5.74) is 5.48. The van der Waals surface area contributed by atoms with Crippen LogP contribution in [-0.2, 0) is 4.79 Å². The minimum absolute atomic E-state index is 0.131. The number of amides is 2. The first-order chi connectivity index (χ1) is 13.0. The highest BCUT2D eigenvalue weighted by molar-refractivity contribution is 6.33.